The third kappa shape index (κ3) is 4.34. The first-order chi connectivity index (χ1) is 13.0. The normalized spacial score (nSPS) is 14.7. The van der Waals surface area contributed by atoms with Crippen LogP contribution >= 0.6 is 0 Å². The first-order valence-electron chi connectivity index (χ1n) is 9.09. The van der Waals surface area contributed by atoms with Crippen LogP contribution in [0.4, 0.5) is 11.4 Å². The van der Waals surface area contributed by atoms with Gasteiger partial charge in [0.25, 0.3) is 5.91 Å². The second kappa shape index (κ2) is 8.31. The number of hydrogen-bond donors (Lipinski definition) is 1. The molecule has 2 aromatic rings. The highest BCUT2D eigenvalue weighted by Gasteiger charge is 2.16. The number of aryl methyl sites for hydroxylation is 1. The number of nitrogens with zero attached hydrogens (tertiary/aromatic N) is 2. The van der Waals surface area contributed by atoms with Crippen LogP contribution in [0.3, 0.4) is 0 Å². The predicted octanol–water partition coefficient (Wildman–Crippen LogP) is 3.02. The molecule has 1 N–H and O–H groups in total. The van der Waals surface area contributed by atoms with Gasteiger partial charge in [-0.2, -0.15) is 0 Å². The van der Waals surface area contributed by atoms with Crippen LogP contribution in [0.1, 0.15) is 15.9 Å². The predicted molar refractivity (Wildman–Crippen MR) is 108 cm³/mol. The van der Waals surface area contributed by atoms with Crippen molar-refractivity contribution in [3.05, 3.63) is 47.5 Å². The number of hydrogen-bond acceptors (Lipinski definition) is 5. The number of likely N-dealkylation sites (N-methyl/N-ethyl adjacent to an activating group) is 1. The van der Waals surface area contributed by atoms with Gasteiger partial charge in [0.2, 0.25) is 0 Å². The first-order valence-corrected chi connectivity index (χ1v) is 9.09. The van der Waals surface area contributed by atoms with Gasteiger partial charge in [0.05, 0.1) is 14.2 Å². The van der Waals surface area contributed by atoms with Gasteiger partial charge in [-0.05, 0) is 55.9 Å². The fourth-order valence-corrected chi connectivity index (χ4v) is 3.22. The van der Waals surface area contributed by atoms with Crippen molar-refractivity contribution in [3.8, 4) is 11.5 Å². The molecule has 0 spiro atoms. The lowest BCUT2D eigenvalue weighted by atomic mass is 10.1. The molecular formula is C21H27N3O3. The van der Waals surface area contributed by atoms with E-state index in [9.17, 15) is 4.79 Å². The average molecular weight is 369 g/mol. The molecule has 0 saturated carbocycles. The second-order valence-corrected chi connectivity index (χ2v) is 6.81. The van der Waals surface area contributed by atoms with Crippen LogP contribution in [0.25, 0.3) is 0 Å². The summed E-state index contributed by atoms with van der Waals surface area (Å²) >= 11 is 0. The standard InChI is InChI=1S/C21H27N3O3/c1-15-13-17(24-11-9-23(2)10-12-24)6-7-18(15)22-21(25)16-5-8-19(26-3)20(14-16)27-4/h5-8,13-14H,9-12H2,1-4H3,(H,22,25). The van der Waals surface area contributed by atoms with Crippen LogP contribution in [-0.2, 0) is 0 Å². The number of rotatable bonds is 5. The van der Waals surface area contributed by atoms with Crippen molar-refractivity contribution in [2.45, 2.75) is 6.92 Å². The maximum atomic E-state index is 12.6. The third-order valence-electron chi connectivity index (χ3n) is 4.97. The highest BCUT2D eigenvalue weighted by molar-refractivity contribution is 6.05. The smallest absolute Gasteiger partial charge is 0.255 e. The van der Waals surface area contributed by atoms with Gasteiger partial charge in [-0.15, -0.1) is 0 Å². The zero-order valence-electron chi connectivity index (χ0n) is 16.4. The molecule has 6 heteroatoms. The van der Waals surface area contributed by atoms with Crippen molar-refractivity contribution in [2.75, 3.05) is 57.7 Å². The summed E-state index contributed by atoms with van der Waals surface area (Å²) in [5, 5.41) is 2.99. The summed E-state index contributed by atoms with van der Waals surface area (Å²) in [5.74, 6) is 0.959. The van der Waals surface area contributed by atoms with Crippen molar-refractivity contribution in [2.24, 2.45) is 0 Å². The fraction of sp³-hybridized carbons (Fsp3) is 0.381. The molecule has 0 aliphatic carbocycles. The Morgan fingerprint density at radius 2 is 1.67 bits per heavy atom. The van der Waals surface area contributed by atoms with E-state index in [0.29, 0.717) is 17.1 Å². The Balaban J connectivity index is 1.73. The number of anilines is 2. The van der Waals surface area contributed by atoms with Gasteiger partial charge in [0, 0.05) is 43.1 Å². The number of benzene rings is 2. The molecule has 1 saturated heterocycles. The number of ether oxygens (including phenoxy) is 2. The van der Waals surface area contributed by atoms with Crippen LogP contribution < -0.4 is 19.7 Å². The molecule has 144 valence electrons. The Hall–Kier alpha value is -2.73. The van der Waals surface area contributed by atoms with E-state index in [1.165, 1.54) is 5.69 Å². The van der Waals surface area contributed by atoms with E-state index in [-0.39, 0.29) is 5.91 Å². The molecule has 0 aromatic heterocycles. The molecule has 3 rings (SSSR count). The van der Waals surface area contributed by atoms with E-state index in [1.807, 2.05) is 13.0 Å². The van der Waals surface area contributed by atoms with Gasteiger partial charge < -0.3 is 24.6 Å². The largest absolute Gasteiger partial charge is 0.493 e. The monoisotopic (exact) mass is 369 g/mol. The number of piperazine rings is 1. The van der Waals surface area contributed by atoms with Crippen molar-refractivity contribution in [1.82, 2.24) is 4.90 Å². The van der Waals surface area contributed by atoms with E-state index >= 15 is 0 Å². The number of carbonyl (C=O) groups is 1. The summed E-state index contributed by atoms with van der Waals surface area (Å²) in [7, 11) is 5.28. The van der Waals surface area contributed by atoms with E-state index in [0.717, 1.165) is 37.4 Å². The molecule has 0 unspecified atom stereocenters. The van der Waals surface area contributed by atoms with E-state index < -0.39 is 0 Å². The van der Waals surface area contributed by atoms with Crippen LogP contribution in [0.15, 0.2) is 36.4 Å². The SMILES string of the molecule is COc1ccc(C(=O)Nc2ccc(N3CCN(C)CC3)cc2C)cc1OC. The molecule has 1 amide bonds. The van der Waals surface area contributed by atoms with E-state index in [1.54, 1.807) is 32.4 Å². The van der Waals surface area contributed by atoms with Gasteiger partial charge >= 0.3 is 0 Å². The van der Waals surface area contributed by atoms with Gasteiger partial charge in [-0.25, -0.2) is 0 Å². The average Bonchev–Trinajstić information content (AvgIpc) is 2.69. The summed E-state index contributed by atoms with van der Waals surface area (Å²) in [5.41, 5.74) is 3.58. The highest BCUT2D eigenvalue weighted by Crippen LogP contribution is 2.29. The molecule has 0 bridgehead atoms. The van der Waals surface area contributed by atoms with Crippen molar-refractivity contribution >= 4 is 17.3 Å². The zero-order valence-corrected chi connectivity index (χ0v) is 16.4. The van der Waals surface area contributed by atoms with Crippen LogP contribution in [0, 0.1) is 6.92 Å². The molecule has 2 aromatic carbocycles. The Morgan fingerprint density at radius 1 is 0.963 bits per heavy atom. The molecule has 1 fully saturated rings. The zero-order chi connectivity index (χ0) is 19.4. The minimum absolute atomic E-state index is 0.175. The summed E-state index contributed by atoms with van der Waals surface area (Å²) < 4.78 is 10.5. The minimum atomic E-state index is -0.175. The lowest BCUT2D eigenvalue weighted by molar-refractivity contribution is 0.102. The third-order valence-corrected chi connectivity index (χ3v) is 4.97. The van der Waals surface area contributed by atoms with Crippen molar-refractivity contribution in [1.29, 1.82) is 0 Å². The number of carbonyl (C=O) groups excluding carboxylic acids is 1. The van der Waals surface area contributed by atoms with Gasteiger partial charge in [-0.1, -0.05) is 0 Å². The summed E-state index contributed by atoms with van der Waals surface area (Å²) in [6.45, 7) is 6.19. The lowest BCUT2D eigenvalue weighted by Gasteiger charge is -2.34. The molecule has 0 atom stereocenters. The Kier molecular flexibility index (Phi) is 5.86. The number of amides is 1. The van der Waals surface area contributed by atoms with E-state index in [2.05, 4.69) is 34.3 Å². The number of methoxy groups -OCH3 is 2. The van der Waals surface area contributed by atoms with Crippen LogP contribution in [-0.4, -0.2) is 58.3 Å². The maximum Gasteiger partial charge on any atom is 0.255 e. The van der Waals surface area contributed by atoms with Crippen molar-refractivity contribution < 1.29 is 14.3 Å². The Morgan fingerprint density at radius 3 is 2.30 bits per heavy atom. The molecule has 6 nitrogen and oxygen atoms in total. The fourth-order valence-electron chi connectivity index (χ4n) is 3.22. The minimum Gasteiger partial charge on any atom is -0.493 e. The summed E-state index contributed by atoms with van der Waals surface area (Å²) in [6, 6.07) is 11.3. The van der Waals surface area contributed by atoms with Gasteiger partial charge in [0.15, 0.2) is 11.5 Å². The molecule has 1 aliphatic rings. The Bertz CT molecular complexity index is 814. The summed E-state index contributed by atoms with van der Waals surface area (Å²) in [4.78, 5) is 17.3. The van der Waals surface area contributed by atoms with E-state index in [4.69, 9.17) is 9.47 Å². The summed E-state index contributed by atoms with van der Waals surface area (Å²) in [6.07, 6.45) is 0. The van der Waals surface area contributed by atoms with Crippen molar-refractivity contribution in [3.63, 3.8) is 0 Å². The second-order valence-electron chi connectivity index (χ2n) is 6.81. The molecule has 1 heterocycles. The maximum absolute atomic E-state index is 12.6. The molecule has 1 aliphatic heterocycles. The topological polar surface area (TPSA) is 54.0 Å². The quantitative estimate of drug-likeness (QED) is 0.878. The Labute approximate surface area is 160 Å². The van der Waals surface area contributed by atoms with Gasteiger partial charge in [-0.3, -0.25) is 4.79 Å². The van der Waals surface area contributed by atoms with Crippen LogP contribution in [0.5, 0.6) is 11.5 Å². The van der Waals surface area contributed by atoms with Crippen LogP contribution in [0.2, 0.25) is 0 Å². The van der Waals surface area contributed by atoms with Gasteiger partial charge in [0.1, 0.15) is 0 Å². The molecule has 0 radical (unpaired) electrons. The molecule has 27 heavy (non-hydrogen) atoms. The lowest BCUT2D eigenvalue weighted by Crippen LogP contribution is -2.44. The highest BCUT2D eigenvalue weighted by atomic mass is 16.5. The molecular weight excluding hydrogens is 342 g/mol. The number of nitrogens with one attached hydrogen (secondary N) is 1. The first kappa shape index (κ1) is 19.0.